The van der Waals surface area contributed by atoms with Gasteiger partial charge in [0.1, 0.15) is 5.84 Å². The van der Waals surface area contributed by atoms with Crippen molar-refractivity contribution in [1.29, 1.82) is 0 Å². The molecule has 1 atom stereocenters. The molecule has 84 valence electrons. The lowest BCUT2D eigenvalue weighted by atomic mass is 10.1. The minimum Gasteiger partial charge on any atom is -0.409 e. The first kappa shape index (κ1) is 13.2. The molecule has 0 aromatic carbocycles. The molecule has 0 aromatic rings. The van der Waals surface area contributed by atoms with E-state index in [4.69, 9.17) is 16.0 Å². The van der Waals surface area contributed by atoms with E-state index in [2.05, 4.69) is 10.5 Å². The lowest BCUT2D eigenvalue weighted by molar-refractivity contribution is 0.228. The van der Waals surface area contributed by atoms with Crippen LogP contribution in [0, 0.1) is 5.92 Å². The highest BCUT2D eigenvalue weighted by atomic mass is 16.4. The summed E-state index contributed by atoms with van der Waals surface area (Å²) in [5, 5.41) is 23.1. The Balaban J connectivity index is 3.14. The highest BCUT2D eigenvalue weighted by Crippen LogP contribution is 2.02. The van der Waals surface area contributed by atoms with Gasteiger partial charge in [0.05, 0.1) is 0 Å². The average molecular weight is 203 g/mol. The van der Waals surface area contributed by atoms with Crippen LogP contribution in [0.2, 0.25) is 0 Å². The molecule has 5 heteroatoms. The summed E-state index contributed by atoms with van der Waals surface area (Å²) >= 11 is 0. The number of aliphatic hydroxyl groups is 1. The molecule has 0 radical (unpaired) electrons. The normalized spacial score (nSPS) is 14.3. The third-order valence-corrected chi connectivity index (χ3v) is 2.05. The van der Waals surface area contributed by atoms with Gasteiger partial charge >= 0.3 is 0 Å². The third kappa shape index (κ3) is 7.82. The molecule has 0 spiro atoms. The second kappa shape index (κ2) is 8.77. The van der Waals surface area contributed by atoms with Crippen molar-refractivity contribution in [2.45, 2.75) is 26.2 Å². The van der Waals surface area contributed by atoms with Crippen molar-refractivity contribution < 1.29 is 10.3 Å². The van der Waals surface area contributed by atoms with Crippen molar-refractivity contribution in [3.63, 3.8) is 0 Å². The van der Waals surface area contributed by atoms with Crippen LogP contribution in [-0.2, 0) is 0 Å². The van der Waals surface area contributed by atoms with Crippen LogP contribution in [0.1, 0.15) is 26.2 Å². The molecule has 0 fully saturated rings. The fourth-order valence-corrected chi connectivity index (χ4v) is 1.06. The monoisotopic (exact) mass is 203 g/mol. The molecule has 1 unspecified atom stereocenters. The Labute approximate surface area is 85.0 Å². The van der Waals surface area contributed by atoms with Crippen LogP contribution < -0.4 is 11.1 Å². The van der Waals surface area contributed by atoms with Crippen molar-refractivity contribution >= 4 is 5.84 Å². The maximum Gasteiger partial charge on any atom is 0.140 e. The summed E-state index contributed by atoms with van der Waals surface area (Å²) in [6.07, 6.45) is 2.62. The first-order valence-corrected chi connectivity index (χ1v) is 4.98. The molecule has 0 amide bonds. The van der Waals surface area contributed by atoms with Gasteiger partial charge < -0.3 is 21.4 Å². The molecular formula is C9H21N3O2. The lowest BCUT2D eigenvalue weighted by Crippen LogP contribution is -2.23. The van der Waals surface area contributed by atoms with Gasteiger partial charge in [0, 0.05) is 19.6 Å². The van der Waals surface area contributed by atoms with Gasteiger partial charge in [-0.2, -0.15) is 0 Å². The SMILES string of the molecule is CC(CO)CCCNCCC(N)=NO. The molecule has 0 saturated carbocycles. The van der Waals surface area contributed by atoms with Crippen molar-refractivity contribution in [3.05, 3.63) is 0 Å². The van der Waals surface area contributed by atoms with Crippen LogP contribution in [0.4, 0.5) is 0 Å². The number of amidine groups is 1. The number of hydrogen-bond acceptors (Lipinski definition) is 4. The topological polar surface area (TPSA) is 90.9 Å². The molecule has 0 bridgehead atoms. The molecule has 5 N–H and O–H groups in total. The molecule has 0 aliphatic heterocycles. The van der Waals surface area contributed by atoms with Gasteiger partial charge in [-0.05, 0) is 25.3 Å². The summed E-state index contributed by atoms with van der Waals surface area (Å²) < 4.78 is 0. The molecule has 14 heavy (non-hydrogen) atoms. The van der Waals surface area contributed by atoms with Gasteiger partial charge in [-0.3, -0.25) is 0 Å². The van der Waals surface area contributed by atoms with E-state index in [0.29, 0.717) is 12.3 Å². The Kier molecular flexibility index (Phi) is 8.27. The number of rotatable bonds is 8. The number of hydrogen-bond donors (Lipinski definition) is 4. The van der Waals surface area contributed by atoms with E-state index >= 15 is 0 Å². The predicted molar refractivity (Wildman–Crippen MR) is 56.4 cm³/mol. The summed E-state index contributed by atoms with van der Waals surface area (Å²) in [6.45, 7) is 3.91. The molecule has 0 saturated heterocycles. The molecular weight excluding hydrogens is 182 g/mol. The molecule has 0 aliphatic rings. The lowest BCUT2D eigenvalue weighted by Gasteiger charge is -2.07. The highest BCUT2D eigenvalue weighted by Gasteiger charge is 1.98. The Morgan fingerprint density at radius 2 is 2.21 bits per heavy atom. The standard InChI is InChI=1S/C9H21N3O2/c1-8(7-13)3-2-5-11-6-4-9(10)12-14/h8,11,13-14H,2-7H2,1H3,(H2,10,12). The van der Waals surface area contributed by atoms with E-state index in [0.717, 1.165) is 25.9 Å². The first-order valence-electron chi connectivity index (χ1n) is 4.98. The minimum absolute atomic E-state index is 0.251. The summed E-state index contributed by atoms with van der Waals surface area (Å²) in [5.41, 5.74) is 5.28. The van der Waals surface area contributed by atoms with Gasteiger partial charge in [-0.15, -0.1) is 0 Å². The summed E-state index contributed by atoms with van der Waals surface area (Å²) in [4.78, 5) is 0. The van der Waals surface area contributed by atoms with Crippen molar-refractivity contribution in [2.75, 3.05) is 19.7 Å². The quantitative estimate of drug-likeness (QED) is 0.148. The summed E-state index contributed by atoms with van der Waals surface area (Å²) in [6, 6.07) is 0. The maximum absolute atomic E-state index is 8.76. The van der Waals surface area contributed by atoms with E-state index in [9.17, 15) is 0 Å². The van der Waals surface area contributed by atoms with Crippen LogP contribution in [0.25, 0.3) is 0 Å². The van der Waals surface area contributed by atoms with Gasteiger partial charge in [0.25, 0.3) is 0 Å². The Morgan fingerprint density at radius 3 is 2.79 bits per heavy atom. The fraction of sp³-hybridized carbons (Fsp3) is 0.889. The zero-order valence-corrected chi connectivity index (χ0v) is 8.74. The molecule has 0 heterocycles. The predicted octanol–water partition coefficient (Wildman–Crippen LogP) is 0.121. The zero-order chi connectivity index (χ0) is 10.8. The fourth-order valence-electron chi connectivity index (χ4n) is 1.06. The van der Waals surface area contributed by atoms with E-state index in [1.165, 1.54) is 0 Å². The zero-order valence-electron chi connectivity index (χ0n) is 8.74. The Morgan fingerprint density at radius 1 is 1.50 bits per heavy atom. The molecule has 0 aromatic heterocycles. The van der Waals surface area contributed by atoms with Crippen molar-refractivity contribution in [1.82, 2.24) is 5.32 Å². The number of nitrogens with two attached hydrogens (primary N) is 1. The number of nitrogens with one attached hydrogen (secondary N) is 1. The number of nitrogens with zero attached hydrogens (tertiary/aromatic N) is 1. The van der Waals surface area contributed by atoms with E-state index in [1.54, 1.807) is 0 Å². The van der Waals surface area contributed by atoms with Gasteiger partial charge in [0.15, 0.2) is 0 Å². The van der Waals surface area contributed by atoms with Crippen LogP contribution >= 0.6 is 0 Å². The van der Waals surface area contributed by atoms with E-state index < -0.39 is 0 Å². The summed E-state index contributed by atoms with van der Waals surface area (Å²) in [7, 11) is 0. The number of aliphatic hydroxyl groups excluding tert-OH is 1. The molecule has 0 aliphatic carbocycles. The number of oxime groups is 1. The minimum atomic E-state index is 0.251. The molecule has 0 rings (SSSR count). The van der Waals surface area contributed by atoms with E-state index in [-0.39, 0.29) is 12.4 Å². The van der Waals surface area contributed by atoms with E-state index in [1.807, 2.05) is 6.92 Å². The van der Waals surface area contributed by atoms with Crippen molar-refractivity contribution in [3.8, 4) is 0 Å². The van der Waals surface area contributed by atoms with Crippen LogP contribution in [0.3, 0.4) is 0 Å². The third-order valence-electron chi connectivity index (χ3n) is 2.05. The van der Waals surface area contributed by atoms with Gasteiger partial charge in [-0.25, -0.2) is 0 Å². The smallest absolute Gasteiger partial charge is 0.140 e. The van der Waals surface area contributed by atoms with Gasteiger partial charge in [0.2, 0.25) is 0 Å². The Bertz CT molecular complexity index is 162. The second-order valence-corrected chi connectivity index (χ2v) is 3.52. The Hall–Kier alpha value is -0.810. The second-order valence-electron chi connectivity index (χ2n) is 3.52. The van der Waals surface area contributed by atoms with Crippen LogP contribution in [-0.4, -0.2) is 35.8 Å². The van der Waals surface area contributed by atoms with Crippen molar-refractivity contribution in [2.24, 2.45) is 16.8 Å². The highest BCUT2D eigenvalue weighted by molar-refractivity contribution is 5.79. The molecule has 5 nitrogen and oxygen atoms in total. The van der Waals surface area contributed by atoms with Crippen LogP contribution in [0.5, 0.6) is 0 Å². The average Bonchev–Trinajstić information content (AvgIpc) is 2.22. The van der Waals surface area contributed by atoms with Gasteiger partial charge in [-0.1, -0.05) is 12.1 Å². The van der Waals surface area contributed by atoms with Crippen LogP contribution in [0.15, 0.2) is 5.16 Å². The first-order chi connectivity index (χ1) is 6.70. The summed E-state index contributed by atoms with van der Waals surface area (Å²) in [5.74, 6) is 0.627. The maximum atomic E-state index is 8.76. The largest absolute Gasteiger partial charge is 0.409 e.